The largest absolute Gasteiger partial charge is 0.492 e. The number of nitrogens with two attached hydrogens (primary N) is 1. The van der Waals surface area contributed by atoms with Gasteiger partial charge in [-0.3, -0.25) is 4.79 Å². The molecule has 1 aromatic carbocycles. The van der Waals surface area contributed by atoms with Crippen molar-refractivity contribution in [1.29, 1.82) is 0 Å². The average molecular weight is 351 g/mol. The summed E-state index contributed by atoms with van der Waals surface area (Å²) in [5.74, 6) is 0.358. The van der Waals surface area contributed by atoms with Crippen LogP contribution in [0.5, 0.6) is 5.75 Å². The van der Waals surface area contributed by atoms with Crippen molar-refractivity contribution in [3.05, 3.63) is 22.7 Å². The molecule has 1 rings (SSSR count). The summed E-state index contributed by atoms with van der Waals surface area (Å²) in [6.07, 6.45) is 0.233. The molecule has 8 heteroatoms. The highest BCUT2D eigenvalue weighted by molar-refractivity contribution is 9.10. The molecule has 1 aromatic rings. The highest BCUT2D eigenvalue weighted by Gasteiger charge is 2.11. The van der Waals surface area contributed by atoms with Crippen LogP contribution in [-0.2, 0) is 14.8 Å². The monoisotopic (exact) mass is 350 g/mol. The predicted octanol–water partition coefficient (Wildman–Crippen LogP) is 1.00. The summed E-state index contributed by atoms with van der Waals surface area (Å²) in [5, 5.41) is 7.66. The Hall–Kier alpha value is -1.12. The maximum absolute atomic E-state index is 11.2. The number of ether oxygens (including phenoxy) is 1. The molecule has 1 amide bonds. The second-order valence-corrected chi connectivity index (χ2v) is 6.10. The Kier molecular flexibility index (Phi) is 5.77. The van der Waals surface area contributed by atoms with Crippen LogP contribution in [0.2, 0.25) is 0 Å². The molecule has 0 spiro atoms. The molecular weight excluding hydrogens is 336 g/mol. The molecule has 0 aromatic heterocycles. The van der Waals surface area contributed by atoms with Crippen molar-refractivity contribution in [2.24, 2.45) is 5.14 Å². The summed E-state index contributed by atoms with van der Waals surface area (Å²) >= 11 is 3.19. The lowest BCUT2D eigenvalue weighted by Gasteiger charge is -2.09. The number of hydrogen-bond acceptors (Lipinski definition) is 4. The van der Waals surface area contributed by atoms with Gasteiger partial charge in [0, 0.05) is 6.54 Å². The Balaban J connectivity index is 2.64. The van der Waals surface area contributed by atoms with Crippen LogP contribution >= 0.6 is 15.9 Å². The van der Waals surface area contributed by atoms with Gasteiger partial charge in [-0.25, -0.2) is 13.6 Å². The van der Waals surface area contributed by atoms with Gasteiger partial charge in [-0.1, -0.05) is 0 Å². The van der Waals surface area contributed by atoms with E-state index in [2.05, 4.69) is 21.2 Å². The Morgan fingerprint density at radius 2 is 2.16 bits per heavy atom. The highest BCUT2D eigenvalue weighted by Crippen LogP contribution is 2.27. The zero-order valence-electron chi connectivity index (χ0n) is 10.3. The van der Waals surface area contributed by atoms with Crippen molar-refractivity contribution >= 4 is 31.9 Å². The minimum atomic E-state index is -3.73. The molecule has 0 fully saturated rings. The highest BCUT2D eigenvalue weighted by atomic mass is 79.9. The summed E-state index contributed by atoms with van der Waals surface area (Å²) in [6.45, 7) is 2.62. The van der Waals surface area contributed by atoms with Crippen LogP contribution in [0.3, 0.4) is 0 Å². The molecule has 19 heavy (non-hydrogen) atoms. The van der Waals surface area contributed by atoms with Gasteiger partial charge in [0.05, 0.1) is 22.4 Å². The first-order valence-electron chi connectivity index (χ1n) is 5.56. The van der Waals surface area contributed by atoms with Crippen LogP contribution in [0, 0.1) is 0 Å². The molecule has 0 aliphatic heterocycles. The van der Waals surface area contributed by atoms with Crippen LogP contribution in [0.15, 0.2) is 27.6 Å². The molecule has 0 heterocycles. The molecule has 0 saturated carbocycles. The van der Waals surface area contributed by atoms with E-state index in [4.69, 9.17) is 9.88 Å². The van der Waals surface area contributed by atoms with E-state index in [9.17, 15) is 13.2 Å². The maximum atomic E-state index is 11.2. The Labute approximate surface area is 120 Å². The van der Waals surface area contributed by atoms with Gasteiger partial charge in [0.15, 0.2) is 0 Å². The standard InChI is InChI=1S/C11H15BrN2O4S/c1-2-14-11(15)5-6-18-10-4-3-8(7-9(10)12)19(13,16)17/h3-4,7H,2,5-6H2,1H3,(H,14,15)(H2,13,16,17). The SMILES string of the molecule is CCNC(=O)CCOc1ccc(S(N)(=O)=O)cc1Br. The molecule has 0 radical (unpaired) electrons. The number of amides is 1. The van der Waals surface area contributed by atoms with E-state index in [0.717, 1.165) is 0 Å². The lowest BCUT2D eigenvalue weighted by atomic mass is 10.3. The van der Waals surface area contributed by atoms with Gasteiger partial charge in [0.25, 0.3) is 0 Å². The maximum Gasteiger partial charge on any atom is 0.238 e. The molecule has 3 N–H and O–H groups in total. The van der Waals surface area contributed by atoms with Gasteiger partial charge >= 0.3 is 0 Å². The van der Waals surface area contributed by atoms with Crippen LogP contribution < -0.4 is 15.2 Å². The van der Waals surface area contributed by atoms with Crippen molar-refractivity contribution in [1.82, 2.24) is 5.32 Å². The van der Waals surface area contributed by atoms with E-state index in [1.165, 1.54) is 18.2 Å². The van der Waals surface area contributed by atoms with Crippen molar-refractivity contribution in [2.45, 2.75) is 18.2 Å². The van der Waals surface area contributed by atoms with Gasteiger partial charge in [-0.05, 0) is 41.1 Å². The van der Waals surface area contributed by atoms with Crippen LogP contribution in [0.4, 0.5) is 0 Å². The number of halogens is 1. The summed E-state index contributed by atoms with van der Waals surface area (Å²) in [5.41, 5.74) is 0. The van der Waals surface area contributed by atoms with Gasteiger partial charge < -0.3 is 10.1 Å². The van der Waals surface area contributed by atoms with Crippen molar-refractivity contribution < 1.29 is 17.9 Å². The normalized spacial score (nSPS) is 11.1. The molecule has 0 atom stereocenters. The number of rotatable bonds is 6. The molecule has 0 unspecified atom stereocenters. The third-order valence-electron chi connectivity index (χ3n) is 2.19. The van der Waals surface area contributed by atoms with E-state index in [0.29, 0.717) is 16.8 Å². The first kappa shape index (κ1) is 15.9. The van der Waals surface area contributed by atoms with Gasteiger partial charge in [-0.2, -0.15) is 0 Å². The second kappa shape index (κ2) is 6.88. The lowest BCUT2D eigenvalue weighted by molar-refractivity contribution is -0.121. The van der Waals surface area contributed by atoms with Crippen molar-refractivity contribution in [3.63, 3.8) is 0 Å². The number of nitrogens with one attached hydrogen (secondary N) is 1. The number of hydrogen-bond donors (Lipinski definition) is 2. The number of benzene rings is 1. The summed E-state index contributed by atoms with van der Waals surface area (Å²) in [4.78, 5) is 11.2. The minimum absolute atomic E-state index is 0.00421. The molecule has 0 bridgehead atoms. The molecule has 6 nitrogen and oxygen atoms in total. The lowest BCUT2D eigenvalue weighted by Crippen LogP contribution is -2.24. The second-order valence-electron chi connectivity index (χ2n) is 3.69. The smallest absolute Gasteiger partial charge is 0.238 e. The van der Waals surface area contributed by atoms with Crippen LogP contribution in [0.25, 0.3) is 0 Å². The molecule has 0 aliphatic rings. The summed E-state index contributed by atoms with van der Waals surface area (Å²) in [7, 11) is -3.73. The number of carbonyl (C=O) groups is 1. The quantitative estimate of drug-likeness (QED) is 0.799. The molecular formula is C11H15BrN2O4S. The van der Waals surface area contributed by atoms with Gasteiger partial charge in [-0.15, -0.1) is 0 Å². The molecule has 106 valence electrons. The first-order chi connectivity index (χ1) is 8.84. The van der Waals surface area contributed by atoms with E-state index < -0.39 is 10.0 Å². The molecule has 0 saturated heterocycles. The number of sulfonamides is 1. The van der Waals surface area contributed by atoms with E-state index >= 15 is 0 Å². The fourth-order valence-corrected chi connectivity index (χ4v) is 2.50. The van der Waals surface area contributed by atoms with Crippen molar-refractivity contribution in [3.8, 4) is 5.75 Å². The molecule has 0 aliphatic carbocycles. The average Bonchev–Trinajstić information content (AvgIpc) is 2.30. The third-order valence-corrected chi connectivity index (χ3v) is 3.72. The number of carbonyl (C=O) groups excluding carboxylic acids is 1. The van der Waals surface area contributed by atoms with Gasteiger partial charge in [0.2, 0.25) is 15.9 Å². The fourth-order valence-electron chi connectivity index (χ4n) is 1.31. The first-order valence-corrected chi connectivity index (χ1v) is 7.90. The fraction of sp³-hybridized carbons (Fsp3) is 0.364. The van der Waals surface area contributed by atoms with Gasteiger partial charge in [0.1, 0.15) is 5.75 Å². The summed E-state index contributed by atoms with van der Waals surface area (Å²) in [6, 6.07) is 4.19. The van der Waals surface area contributed by atoms with E-state index in [1.54, 1.807) is 0 Å². The third kappa shape index (κ3) is 5.17. The minimum Gasteiger partial charge on any atom is -0.492 e. The van der Waals surface area contributed by atoms with Crippen molar-refractivity contribution in [2.75, 3.05) is 13.2 Å². The Morgan fingerprint density at radius 3 is 2.68 bits per heavy atom. The zero-order chi connectivity index (χ0) is 14.5. The predicted molar refractivity (Wildman–Crippen MR) is 74.3 cm³/mol. The van der Waals surface area contributed by atoms with E-state index in [1.807, 2.05) is 6.92 Å². The topological polar surface area (TPSA) is 98.5 Å². The summed E-state index contributed by atoms with van der Waals surface area (Å²) < 4.78 is 28.1. The van der Waals surface area contributed by atoms with Crippen LogP contribution in [-0.4, -0.2) is 27.5 Å². The Bertz CT molecular complexity index is 560. The van der Waals surface area contributed by atoms with Crippen LogP contribution in [0.1, 0.15) is 13.3 Å². The van der Waals surface area contributed by atoms with E-state index in [-0.39, 0.29) is 23.8 Å². The zero-order valence-corrected chi connectivity index (χ0v) is 12.8. The number of primary sulfonamides is 1. The Morgan fingerprint density at radius 1 is 1.47 bits per heavy atom.